The Balaban J connectivity index is 1.29. The lowest BCUT2D eigenvalue weighted by atomic mass is 9.80. The van der Waals surface area contributed by atoms with Crippen LogP contribution in [0, 0.1) is 0 Å². The topological polar surface area (TPSA) is 58.0 Å². The molecule has 8 heteroatoms. The van der Waals surface area contributed by atoms with Gasteiger partial charge in [-0.3, -0.25) is 0 Å². The molecule has 0 bridgehead atoms. The first-order valence-electron chi connectivity index (χ1n) is 12.0. The van der Waals surface area contributed by atoms with Gasteiger partial charge < -0.3 is 20.1 Å². The molecule has 180 valence electrons. The summed E-state index contributed by atoms with van der Waals surface area (Å²) in [5.41, 5.74) is 1.54. The molecule has 0 aliphatic carbocycles. The molecule has 3 heterocycles. The summed E-state index contributed by atoms with van der Waals surface area (Å²) in [6.45, 7) is 11.1. The zero-order valence-electron chi connectivity index (χ0n) is 20.6. The van der Waals surface area contributed by atoms with E-state index in [4.69, 9.17) is 12.2 Å². The summed E-state index contributed by atoms with van der Waals surface area (Å²) in [5, 5.41) is 18.4. The zero-order chi connectivity index (χ0) is 23.6. The molecule has 0 amide bonds. The number of piperidine rings is 2. The van der Waals surface area contributed by atoms with Gasteiger partial charge in [0.15, 0.2) is 10.3 Å². The van der Waals surface area contributed by atoms with Crippen molar-refractivity contribution >= 4 is 29.1 Å². The fourth-order valence-electron chi connectivity index (χ4n) is 5.56. The number of nitrogens with zero attached hydrogens (tertiary/aromatic N) is 4. The van der Waals surface area contributed by atoms with E-state index in [1.165, 1.54) is 5.56 Å². The van der Waals surface area contributed by atoms with Crippen LogP contribution in [0.1, 0.15) is 70.7 Å². The summed E-state index contributed by atoms with van der Waals surface area (Å²) < 4.78 is 2.18. The number of hydrogen-bond donors (Lipinski definition) is 2. The molecule has 2 saturated heterocycles. The molecular weight excluding hydrogens is 448 g/mol. The number of rotatable bonds is 5. The van der Waals surface area contributed by atoms with Crippen LogP contribution < -0.4 is 10.6 Å². The summed E-state index contributed by atoms with van der Waals surface area (Å²) in [6.07, 6.45) is 4.27. The molecule has 0 spiro atoms. The molecule has 0 unspecified atom stereocenters. The van der Waals surface area contributed by atoms with Crippen molar-refractivity contribution in [2.75, 3.05) is 13.1 Å². The Morgan fingerprint density at radius 1 is 1.09 bits per heavy atom. The van der Waals surface area contributed by atoms with Crippen molar-refractivity contribution in [1.82, 2.24) is 30.3 Å². The van der Waals surface area contributed by atoms with Gasteiger partial charge in [0, 0.05) is 48.9 Å². The van der Waals surface area contributed by atoms with Crippen LogP contribution in [0.5, 0.6) is 0 Å². The van der Waals surface area contributed by atoms with E-state index >= 15 is 0 Å². The summed E-state index contributed by atoms with van der Waals surface area (Å²) in [6, 6.07) is 10.9. The number of hydrogen-bond acceptors (Lipinski definition) is 5. The maximum Gasteiger partial charge on any atom is 0.191 e. The third-order valence-corrected chi connectivity index (χ3v) is 8.21. The van der Waals surface area contributed by atoms with Gasteiger partial charge in [-0.1, -0.05) is 42.1 Å². The number of likely N-dealkylation sites (tertiary alicyclic amines) is 1. The number of thioether (sulfide) groups is 1. The fraction of sp³-hybridized carbons (Fsp3) is 0.640. The lowest BCUT2D eigenvalue weighted by Crippen LogP contribution is -2.63. The van der Waals surface area contributed by atoms with Crippen LogP contribution in [-0.4, -0.2) is 55.0 Å². The summed E-state index contributed by atoms with van der Waals surface area (Å²) >= 11 is 7.58. The van der Waals surface area contributed by atoms with Crippen molar-refractivity contribution in [2.24, 2.45) is 7.05 Å². The Labute approximate surface area is 208 Å². The zero-order valence-corrected chi connectivity index (χ0v) is 22.2. The predicted molar refractivity (Wildman–Crippen MR) is 141 cm³/mol. The molecule has 0 atom stereocenters. The van der Waals surface area contributed by atoms with Crippen LogP contribution in [0.25, 0.3) is 0 Å². The van der Waals surface area contributed by atoms with Gasteiger partial charge in [0.05, 0.1) is 0 Å². The second-order valence-electron chi connectivity index (χ2n) is 10.9. The highest BCUT2D eigenvalue weighted by Crippen LogP contribution is 2.31. The molecule has 33 heavy (non-hydrogen) atoms. The van der Waals surface area contributed by atoms with E-state index < -0.39 is 0 Å². The van der Waals surface area contributed by atoms with Gasteiger partial charge >= 0.3 is 0 Å². The SMILES string of the molecule is Cn1c(SCc2ccccc2)nnc1C1CCN(C(=S)NC2CC(C)(C)NC(C)(C)C2)CC1. The van der Waals surface area contributed by atoms with Gasteiger partial charge in [-0.25, -0.2) is 0 Å². The molecule has 1 aromatic heterocycles. The highest BCUT2D eigenvalue weighted by molar-refractivity contribution is 7.98. The van der Waals surface area contributed by atoms with Gasteiger partial charge in [0.25, 0.3) is 0 Å². The van der Waals surface area contributed by atoms with E-state index in [1.807, 2.05) is 0 Å². The molecule has 2 aromatic rings. The van der Waals surface area contributed by atoms with E-state index in [0.717, 1.165) is 60.6 Å². The lowest BCUT2D eigenvalue weighted by molar-refractivity contribution is 0.153. The van der Waals surface area contributed by atoms with Gasteiger partial charge in [0.1, 0.15) is 5.82 Å². The third-order valence-electron chi connectivity index (χ3n) is 6.74. The molecule has 2 aliphatic heterocycles. The molecule has 2 N–H and O–H groups in total. The van der Waals surface area contributed by atoms with E-state index in [-0.39, 0.29) is 11.1 Å². The highest BCUT2D eigenvalue weighted by Gasteiger charge is 2.38. The smallest absolute Gasteiger partial charge is 0.191 e. The Bertz CT molecular complexity index is 931. The molecule has 0 saturated carbocycles. The van der Waals surface area contributed by atoms with Gasteiger partial charge in [-0.05, 0) is 71.2 Å². The normalized spacial score (nSPS) is 21.2. The number of thiocarbonyl (C=S) groups is 1. The van der Waals surface area contributed by atoms with Gasteiger partial charge in [-0.15, -0.1) is 10.2 Å². The number of nitrogens with one attached hydrogen (secondary N) is 2. The molecule has 1 aromatic carbocycles. The number of aromatic nitrogens is 3. The quantitative estimate of drug-likeness (QED) is 0.478. The molecule has 2 fully saturated rings. The van der Waals surface area contributed by atoms with Crippen molar-refractivity contribution in [3.63, 3.8) is 0 Å². The Morgan fingerprint density at radius 3 is 2.36 bits per heavy atom. The Kier molecular flexibility index (Phi) is 7.36. The standard InChI is InChI=1S/C25H38N6S2/c1-24(2)15-20(16-25(3,4)29-24)26-22(32)31-13-11-19(12-14-31)21-27-28-23(30(21)5)33-17-18-9-7-6-8-10-18/h6-10,19-20,29H,11-17H2,1-5H3,(H,26,32). The largest absolute Gasteiger partial charge is 0.360 e. The van der Waals surface area contributed by atoms with Crippen molar-refractivity contribution < 1.29 is 0 Å². The fourth-order valence-corrected chi connectivity index (χ4v) is 6.78. The minimum absolute atomic E-state index is 0.115. The maximum absolute atomic E-state index is 5.83. The van der Waals surface area contributed by atoms with Crippen LogP contribution >= 0.6 is 24.0 Å². The first-order chi connectivity index (χ1) is 15.6. The molecule has 0 radical (unpaired) electrons. The average Bonchev–Trinajstić information content (AvgIpc) is 3.11. The molecule has 6 nitrogen and oxygen atoms in total. The third kappa shape index (κ3) is 6.28. The van der Waals surface area contributed by atoms with Crippen LogP contribution in [0.4, 0.5) is 0 Å². The predicted octanol–water partition coefficient (Wildman–Crippen LogP) is 4.47. The van der Waals surface area contributed by atoms with Crippen molar-refractivity contribution in [3.05, 3.63) is 41.7 Å². The van der Waals surface area contributed by atoms with Crippen molar-refractivity contribution in [2.45, 2.75) is 87.3 Å². The maximum atomic E-state index is 5.83. The van der Waals surface area contributed by atoms with Crippen LogP contribution in [0.3, 0.4) is 0 Å². The summed E-state index contributed by atoms with van der Waals surface area (Å²) in [5.74, 6) is 2.45. The number of benzene rings is 1. The molecular formula is C25H38N6S2. The molecule has 4 rings (SSSR count). The summed E-state index contributed by atoms with van der Waals surface area (Å²) in [7, 11) is 2.10. The van der Waals surface area contributed by atoms with E-state index in [0.29, 0.717) is 12.0 Å². The van der Waals surface area contributed by atoms with Gasteiger partial charge in [0.2, 0.25) is 0 Å². The Morgan fingerprint density at radius 2 is 1.73 bits per heavy atom. The lowest BCUT2D eigenvalue weighted by Gasteiger charge is -2.47. The van der Waals surface area contributed by atoms with Crippen LogP contribution in [-0.2, 0) is 12.8 Å². The second kappa shape index (κ2) is 9.92. The highest BCUT2D eigenvalue weighted by atomic mass is 32.2. The van der Waals surface area contributed by atoms with E-state index in [2.05, 4.69) is 95.4 Å². The first-order valence-corrected chi connectivity index (χ1v) is 13.4. The minimum atomic E-state index is 0.115. The monoisotopic (exact) mass is 486 g/mol. The van der Waals surface area contributed by atoms with Crippen LogP contribution in [0.2, 0.25) is 0 Å². The average molecular weight is 487 g/mol. The van der Waals surface area contributed by atoms with E-state index in [9.17, 15) is 0 Å². The first kappa shape index (κ1) is 24.5. The van der Waals surface area contributed by atoms with Crippen LogP contribution in [0.15, 0.2) is 35.5 Å². The van der Waals surface area contributed by atoms with E-state index in [1.54, 1.807) is 11.8 Å². The summed E-state index contributed by atoms with van der Waals surface area (Å²) in [4.78, 5) is 2.34. The van der Waals surface area contributed by atoms with Crippen molar-refractivity contribution in [1.29, 1.82) is 0 Å². The second-order valence-corrected chi connectivity index (χ2v) is 12.2. The Hall–Kier alpha value is -1.64. The van der Waals surface area contributed by atoms with Crippen molar-refractivity contribution in [3.8, 4) is 0 Å². The molecule has 2 aliphatic rings. The van der Waals surface area contributed by atoms with Gasteiger partial charge in [-0.2, -0.15) is 0 Å². The minimum Gasteiger partial charge on any atom is -0.360 e.